The normalized spacial score (nSPS) is 10.5. The number of nitrogens with two attached hydrogens (primary N) is 2. The van der Waals surface area contributed by atoms with Crippen molar-refractivity contribution in [1.82, 2.24) is 15.6 Å². The molecule has 11 heteroatoms. The second-order valence-electron chi connectivity index (χ2n) is 7.07. The Hall–Kier alpha value is -4.27. The molecule has 2 amide bonds. The fraction of sp³-hybridized carbons (Fsp3) is 0.421. The monoisotopic (exact) mass is 665 g/mol. The van der Waals surface area contributed by atoms with E-state index in [9.17, 15) is 14.4 Å². The second kappa shape index (κ2) is 13.8. The number of hydrogen-bond acceptors (Lipinski definition) is 7. The fourth-order valence-corrected chi connectivity index (χ4v) is 1.81. The number of carbonyl (C=O) groups is 2. The molecule has 0 aromatic heterocycles. The number of nitrogens with zero attached hydrogens (tertiary/aromatic N) is 1. The molecular formula is C19H30FmN5O5-. The molecule has 10 nitrogen and oxygen atoms in total. The van der Waals surface area contributed by atoms with Crippen LogP contribution in [0.2, 0.25) is 0 Å². The third-order valence-corrected chi connectivity index (χ3v) is 2.96. The fourth-order valence-electron chi connectivity index (χ4n) is 1.81. The Labute approximate surface area is 170 Å². The number of amides is 2. The van der Waals surface area contributed by atoms with Crippen LogP contribution in [0.1, 0.15) is 31.9 Å². The molecule has 0 fully saturated rings. The van der Waals surface area contributed by atoms with Gasteiger partial charge in [-0.15, -0.1) is 0 Å². The Morgan fingerprint density at radius 1 is 1.23 bits per heavy atom. The van der Waals surface area contributed by atoms with Crippen LogP contribution >= 0.6 is 0 Å². The molecular weight excluding hydrogens is 635 g/mol. The molecule has 1 aromatic carbocycles. The van der Waals surface area contributed by atoms with E-state index in [1.165, 1.54) is 17.0 Å². The standard InChI is InChI=1S/C16H26N4O2.C3H4NO3.Fm/c1-12-5-7-13(8-6-12)10-20(18)11-14(17)9-19-15(21)22-16(2,3)4;5-2-4-1-3(6)7;/h5-8,11H,9-10,17-18H2,1-4H3,(H,19,21);1H2,(H,4,5)(H,6,7);/q;-1;/b14-11-;;. The number of hydrogen-bond donors (Lipinski definition) is 5. The third-order valence-electron chi connectivity index (χ3n) is 2.96. The maximum atomic E-state index is 11.5. The van der Waals surface area contributed by atoms with Crippen molar-refractivity contribution in [3.63, 3.8) is 0 Å². The van der Waals surface area contributed by atoms with Crippen LogP contribution in [0.25, 0.3) is 0 Å². The number of rotatable bonds is 8. The maximum Gasteiger partial charge on any atom is 0.407 e. The first kappa shape index (κ1) is 27.9. The molecule has 0 bridgehead atoms. The van der Waals surface area contributed by atoms with E-state index in [4.69, 9.17) is 21.4 Å². The van der Waals surface area contributed by atoms with E-state index in [0.29, 0.717) is 12.2 Å². The summed E-state index contributed by atoms with van der Waals surface area (Å²) in [4.78, 5) is 30.2. The van der Waals surface area contributed by atoms with E-state index < -0.39 is 17.7 Å². The van der Waals surface area contributed by atoms with Crippen molar-refractivity contribution in [3.8, 4) is 0 Å². The van der Waals surface area contributed by atoms with Crippen LogP contribution in [0.15, 0.2) is 36.2 Å². The zero-order chi connectivity index (χ0) is 22.4. The summed E-state index contributed by atoms with van der Waals surface area (Å²) >= 11 is 0. The Morgan fingerprint density at radius 2 is 1.80 bits per heavy atom. The molecule has 0 heterocycles. The Morgan fingerprint density at radius 3 is 2.23 bits per heavy atom. The van der Waals surface area contributed by atoms with Gasteiger partial charge in [0.15, 0.2) is 0 Å². The van der Waals surface area contributed by atoms with Crippen LogP contribution in [0.4, 0.5) is 4.79 Å². The second-order valence-corrected chi connectivity index (χ2v) is 7.07. The average molecular weight is 665 g/mol. The SMILES string of the molecule is Cc1ccc(CN(N)/C=C(\N)CNC(=O)OC(C)(C)C)cc1.O=[C-]NCC(=O)O.[Fm]. The van der Waals surface area contributed by atoms with Crippen molar-refractivity contribution in [2.24, 2.45) is 11.6 Å². The number of ether oxygens (including phenoxy) is 1. The van der Waals surface area contributed by atoms with Gasteiger partial charge in [0, 0.05) is 11.9 Å². The predicted octanol–water partition coefficient (Wildman–Crippen LogP) is 0.723. The zero-order valence-corrected chi connectivity index (χ0v) is 19.9. The maximum absolute atomic E-state index is 11.5. The molecule has 0 aliphatic heterocycles. The van der Waals surface area contributed by atoms with Crippen molar-refractivity contribution in [2.45, 2.75) is 39.8 Å². The van der Waals surface area contributed by atoms with Gasteiger partial charge in [-0.2, -0.15) is 6.41 Å². The molecule has 1 rings (SSSR count). The van der Waals surface area contributed by atoms with E-state index >= 15 is 0 Å². The number of nitrogens with one attached hydrogen (secondary N) is 2. The summed E-state index contributed by atoms with van der Waals surface area (Å²) in [6, 6.07) is 8.08. The third kappa shape index (κ3) is 15.9. The van der Waals surface area contributed by atoms with Crippen LogP contribution in [-0.4, -0.2) is 47.3 Å². The molecule has 0 unspecified atom stereocenters. The van der Waals surface area contributed by atoms with Gasteiger partial charge in [-0.1, -0.05) is 29.8 Å². The number of aryl methyl sites for hydroxylation is 1. The quantitative estimate of drug-likeness (QED) is 0.118. The summed E-state index contributed by atoms with van der Waals surface area (Å²) < 4.78 is 5.12. The molecule has 0 spiro atoms. The van der Waals surface area contributed by atoms with Crippen molar-refractivity contribution >= 4 is 18.5 Å². The van der Waals surface area contributed by atoms with Gasteiger partial charge < -0.3 is 36.0 Å². The first-order chi connectivity index (χ1) is 13.4. The van der Waals surface area contributed by atoms with Gasteiger partial charge in [-0.3, -0.25) is 4.79 Å². The van der Waals surface area contributed by atoms with Gasteiger partial charge in [0.1, 0.15) is 5.60 Å². The van der Waals surface area contributed by atoms with Crippen LogP contribution in [0.5, 0.6) is 0 Å². The van der Waals surface area contributed by atoms with Gasteiger partial charge >= 0.3 is 12.1 Å². The summed E-state index contributed by atoms with van der Waals surface area (Å²) in [5.74, 6) is 4.82. The molecule has 0 atom stereocenters. The van der Waals surface area contributed by atoms with Crippen LogP contribution in [-0.2, 0) is 20.9 Å². The van der Waals surface area contributed by atoms with E-state index in [0.717, 1.165) is 5.56 Å². The van der Waals surface area contributed by atoms with E-state index in [1.807, 2.05) is 36.5 Å². The average Bonchev–Trinajstić information content (AvgIpc) is 2.59. The number of benzene rings is 1. The first-order valence-corrected chi connectivity index (χ1v) is 8.74. The number of hydrazine groups is 1. The van der Waals surface area contributed by atoms with E-state index in [1.54, 1.807) is 27.0 Å². The summed E-state index contributed by atoms with van der Waals surface area (Å²) in [5, 5.41) is 13.7. The molecule has 7 N–H and O–H groups in total. The molecule has 1 aromatic rings. The first-order valence-electron chi connectivity index (χ1n) is 8.74. The summed E-state index contributed by atoms with van der Waals surface area (Å²) in [7, 11) is 0. The zero-order valence-electron chi connectivity index (χ0n) is 17.5. The molecule has 0 saturated carbocycles. The van der Waals surface area contributed by atoms with Crippen molar-refractivity contribution in [3.05, 3.63) is 47.3 Å². The molecule has 0 saturated heterocycles. The summed E-state index contributed by atoms with van der Waals surface area (Å²) in [6.07, 6.45) is 2.30. The van der Waals surface area contributed by atoms with Gasteiger partial charge in [0.25, 0.3) is 0 Å². The topological polar surface area (TPSA) is 160 Å². The molecule has 0 radical (unpaired) electrons. The predicted molar refractivity (Wildman–Crippen MR) is 109 cm³/mol. The van der Waals surface area contributed by atoms with E-state index in [2.05, 4.69) is 5.32 Å². The van der Waals surface area contributed by atoms with Gasteiger partial charge in [0.2, 0.25) is 0 Å². The Bertz CT molecular complexity index is 690. The van der Waals surface area contributed by atoms with Crippen molar-refractivity contribution in [1.29, 1.82) is 0 Å². The van der Waals surface area contributed by atoms with Gasteiger partial charge in [-0.05, 0) is 33.3 Å². The number of carboxylic acids is 1. The molecule has 0 aliphatic rings. The largest absolute Gasteiger partial charge is 0.521 e. The van der Waals surface area contributed by atoms with Gasteiger partial charge in [-0.25, -0.2) is 10.6 Å². The number of carboxylic acid groups (broad SMARTS) is 1. The van der Waals surface area contributed by atoms with E-state index in [-0.39, 0.29) is 13.1 Å². The Balaban J connectivity index is 0. The minimum absolute atomic E-state index is 0. The summed E-state index contributed by atoms with van der Waals surface area (Å²) in [6.45, 7) is 7.79. The van der Waals surface area contributed by atoms with Crippen molar-refractivity contribution in [2.75, 3.05) is 13.1 Å². The number of aliphatic carboxylic acids is 1. The molecule has 0 aliphatic carbocycles. The van der Waals surface area contributed by atoms with Crippen LogP contribution < -0.4 is 22.2 Å². The number of carbonyl (C=O) groups excluding carboxylic acids is 2. The molecule has 30 heavy (non-hydrogen) atoms. The minimum atomic E-state index is -1.07. The summed E-state index contributed by atoms with van der Waals surface area (Å²) in [5.41, 5.74) is 8.02. The number of alkyl carbamates (subject to hydrolysis) is 1. The molecule has 174 valence electrons. The Kier molecular flexibility index (Phi) is 12.9. The smallest absolute Gasteiger partial charge is 0.407 e. The van der Waals surface area contributed by atoms with Crippen molar-refractivity contribution < 1.29 is 24.2 Å². The minimum Gasteiger partial charge on any atom is -0.521 e. The van der Waals surface area contributed by atoms with Crippen LogP contribution in [0, 0.1) is 6.92 Å². The van der Waals surface area contributed by atoms with Crippen LogP contribution in [0.3, 0.4) is 0 Å². The van der Waals surface area contributed by atoms with Gasteiger partial charge in [0.05, 0.1) is 19.6 Å².